The van der Waals surface area contributed by atoms with Crippen molar-refractivity contribution in [2.24, 2.45) is 0 Å². The third kappa shape index (κ3) is 3.90. The number of carbonyl (C=O) groups excluding carboxylic acids is 1. The minimum atomic E-state index is -4.54. The first-order chi connectivity index (χ1) is 10.7. The molecule has 0 unspecified atom stereocenters. The molecule has 0 atom stereocenters. The molecule has 0 bridgehead atoms. The van der Waals surface area contributed by atoms with Crippen LogP contribution in [0, 0.1) is 0 Å². The second kappa shape index (κ2) is 5.96. The average molecular weight is 448 g/mol. The molecule has 7 heteroatoms. The van der Waals surface area contributed by atoms with Gasteiger partial charge in [-0.2, -0.15) is 0 Å². The van der Waals surface area contributed by atoms with Gasteiger partial charge < -0.3 is 0 Å². The number of ether oxygens (including phenoxy) is 1. The third-order valence-corrected chi connectivity index (χ3v) is 8.91. The summed E-state index contributed by atoms with van der Waals surface area (Å²) in [6.07, 6.45) is -5.29. The van der Waals surface area contributed by atoms with Crippen LogP contribution in [-0.2, 0) is 10.9 Å². The van der Waals surface area contributed by atoms with E-state index < -0.39 is 41.8 Å². The Morgan fingerprint density at radius 1 is 1.12 bits per heavy atom. The van der Waals surface area contributed by atoms with Crippen molar-refractivity contribution in [1.82, 2.24) is 4.57 Å². The molecule has 0 N–H and O–H groups in total. The monoisotopic (exact) mass is 449 g/mol. The van der Waals surface area contributed by atoms with E-state index in [4.69, 9.17) is 4.74 Å². The quantitative estimate of drug-likeness (QED) is 0.576. The summed E-state index contributed by atoms with van der Waals surface area (Å²) in [6.45, 7) is 5.09. The second-order valence-electron chi connectivity index (χ2n) is 7.84. The number of halogens is 3. The van der Waals surface area contributed by atoms with Crippen molar-refractivity contribution < 1.29 is 22.7 Å². The molecule has 0 saturated carbocycles. The zero-order valence-corrected chi connectivity index (χ0v) is 17.6. The van der Waals surface area contributed by atoms with Gasteiger partial charge in [0.1, 0.15) is 0 Å². The number of fused-ring (bicyclic) bond motifs is 1. The van der Waals surface area contributed by atoms with Crippen LogP contribution in [-0.4, -0.2) is 34.6 Å². The van der Waals surface area contributed by atoms with Crippen molar-refractivity contribution >= 4 is 39.1 Å². The van der Waals surface area contributed by atoms with Crippen LogP contribution in [0.3, 0.4) is 0 Å². The number of hydrogen-bond donors (Lipinski definition) is 0. The van der Waals surface area contributed by atoms with Gasteiger partial charge in [-0.15, -0.1) is 0 Å². The molecule has 0 spiro atoms. The van der Waals surface area contributed by atoms with E-state index in [1.165, 1.54) is 6.07 Å². The van der Waals surface area contributed by atoms with Crippen molar-refractivity contribution in [3.63, 3.8) is 0 Å². The molecular weight excluding hydrogens is 426 g/mol. The molecule has 132 valence electrons. The minimum absolute atomic E-state index is 0.110. The Labute approximate surface area is 143 Å². The molecule has 2 rings (SSSR count). The number of carbonyl (C=O) groups is 1. The molecule has 1 aromatic heterocycles. The van der Waals surface area contributed by atoms with E-state index in [9.17, 15) is 18.0 Å². The van der Waals surface area contributed by atoms with Gasteiger partial charge in [0, 0.05) is 0 Å². The Morgan fingerprint density at radius 3 is 2.17 bits per heavy atom. The third-order valence-electron chi connectivity index (χ3n) is 3.47. The summed E-state index contributed by atoms with van der Waals surface area (Å²) < 4.78 is 47.6. The zero-order valence-electron chi connectivity index (χ0n) is 14.7. The number of alkyl halides is 3. The second-order valence-corrected chi connectivity index (χ2v) is 22.1. The van der Waals surface area contributed by atoms with Gasteiger partial charge in [0.15, 0.2) is 0 Å². The molecule has 0 amide bonds. The first kappa shape index (κ1) is 19.1. The molecule has 0 aliphatic rings. The van der Waals surface area contributed by atoms with Crippen LogP contribution in [0.15, 0.2) is 24.3 Å². The molecule has 0 aliphatic carbocycles. The molecule has 2 aromatic rings. The Kier molecular flexibility index (Phi) is 4.76. The summed E-state index contributed by atoms with van der Waals surface area (Å²) in [5.41, 5.74) is -1.71. The predicted octanol–water partition coefficient (Wildman–Crippen LogP) is 4.99. The van der Waals surface area contributed by atoms with Crippen LogP contribution in [0.5, 0.6) is 0 Å². The Hall–Kier alpha value is -1.18. The predicted molar refractivity (Wildman–Crippen MR) is 91.6 cm³/mol. The van der Waals surface area contributed by atoms with E-state index in [0.717, 1.165) is 10.6 Å². The van der Waals surface area contributed by atoms with Crippen LogP contribution in [0.25, 0.3) is 10.9 Å². The van der Waals surface area contributed by atoms with Crippen LogP contribution in [0.1, 0.15) is 26.3 Å². The number of para-hydroxylation sites is 1. The topological polar surface area (TPSA) is 31.2 Å². The fourth-order valence-electron chi connectivity index (χ4n) is 2.54. The Bertz CT molecular complexity index is 780. The van der Waals surface area contributed by atoms with Gasteiger partial charge in [0.05, 0.1) is 0 Å². The average Bonchev–Trinajstić information content (AvgIpc) is 2.74. The molecule has 1 heterocycles. The molecular formula is C17H22F3NO2Sn. The fourth-order valence-corrected chi connectivity index (χ4v) is 6.71. The zero-order chi connectivity index (χ0) is 18.5. The van der Waals surface area contributed by atoms with Gasteiger partial charge in [0.2, 0.25) is 0 Å². The molecule has 0 radical (unpaired) electrons. The SMILES string of the molecule is CC(C)(C)OC(=O)n1[c]([Sn]([CH3])([CH3])[CH3])cc2cccc(C(F)(F)F)c21. The number of hydrogen-bond acceptors (Lipinski definition) is 2. The van der Waals surface area contributed by atoms with Crippen LogP contribution >= 0.6 is 0 Å². The van der Waals surface area contributed by atoms with E-state index in [1.54, 1.807) is 32.9 Å². The summed E-state index contributed by atoms with van der Waals surface area (Å²) >= 11 is -2.88. The molecule has 0 saturated heterocycles. The van der Waals surface area contributed by atoms with E-state index in [2.05, 4.69) is 14.8 Å². The van der Waals surface area contributed by atoms with Crippen molar-refractivity contribution in [2.75, 3.05) is 0 Å². The number of nitrogens with zero attached hydrogens (tertiary/aromatic N) is 1. The standard InChI is InChI=1S/C14H13F3NO2.3CH3.Sn/c1-13(2,3)20-12(19)18-8-7-9-5-4-6-10(11(9)18)14(15,16)17;;;;/h4-7H,1-3H3;3*1H3;. The van der Waals surface area contributed by atoms with Gasteiger partial charge in [0.25, 0.3) is 0 Å². The van der Waals surface area contributed by atoms with Crippen LogP contribution in [0.4, 0.5) is 18.0 Å². The molecule has 0 fully saturated rings. The maximum atomic E-state index is 13.5. The molecule has 3 nitrogen and oxygen atoms in total. The van der Waals surface area contributed by atoms with E-state index in [1.807, 2.05) is 0 Å². The summed E-state index contributed by atoms with van der Waals surface area (Å²) in [4.78, 5) is 18.8. The van der Waals surface area contributed by atoms with E-state index in [-0.39, 0.29) is 5.52 Å². The van der Waals surface area contributed by atoms with Gasteiger partial charge in [-0.25, -0.2) is 0 Å². The molecule has 24 heavy (non-hydrogen) atoms. The number of aromatic nitrogens is 1. The van der Waals surface area contributed by atoms with Gasteiger partial charge in [-0.05, 0) is 0 Å². The van der Waals surface area contributed by atoms with Crippen molar-refractivity contribution in [3.8, 4) is 0 Å². The van der Waals surface area contributed by atoms with Crippen LogP contribution < -0.4 is 3.71 Å². The molecule has 1 aromatic carbocycles. The molecule has 0 aliphatic heterocycles. The summed E-state index contributed by atoms with van der Waals surface area (Å²) in [7, 11) is 0. The number of rotatable bonds is 1. The summed E-state index contributed by atoms with van der Waals surface area (Å²) in [5, 5.41) is 0.414. The first-order valence-corrected chi connectivity index (χ1v) is 17.7. The Morgan fingerprint density at radius 2 is 1.71 bits per heavy atom. The normalized spacial score (nSPS) is 13.4. The fraction of sp³-hybridized carbons (Fsp3) is 0.471. The summed E-state index contributed by atoms with van der Waals surface area (Å²) in [6, 6.07) is 5.69. The van der Waals surface area contributed by atoms with Crippen molar-refractivity contribution in [3.05, 3.63) is 29.8 Å². The van der Waals surface area contributed by atoms with Gasteiger partial charge in [-0.3, -0.25) is 0 Å². The van der Waals surface area contributed by atoms with Crippen molar-refractivity contribution in [2.45, 2.75) is 47.4 Å². The van der Waals surface area contributed by atoms with E-state index in [0.29, 0.717) is 9.10 Å². The Balaban J connectivity index is 2.84. The summed E-state index contributed by atoms with van der Waals surface area (Å²) in [5.74, 6) is 0. The van der Waals surface area contributed by atoms with Gasteiger partial charge >= 0.3 is 144 Å². The number of benzene rings is 1. The first-order valence-electron chi connectivity index (χ1n) is 7.67. The maximum absolute atomic E-state index is 13.5. The van der Waals surface area contributed by atoms with Crippen LogP contribution in [0.2, 0.25) is 14.8 Å². The van der Waals surface area contributed by atoms with Gasteiger partial charge in [-0.1, -0.05) is 0 Å². The van der Waals surface area contributed by atoms with Crippen molar-refractivity contribution in [1.29, 1.82) is 0 Å². The van der Waals surface area contributed by atoms with E-state index >= 15 is 0 Å².